The molecule has 0 aromatic carbocycles. The van der Waals surface area contributed by atoms with Crippen molar-refractivity contribution in [2.75, 3.05) is 19.6 Å². The number of likely N-dealkylation sites (tertiary alicyclic amines) is 1. The summed E-state index contributed by atoms with van der Waals surface area (Å²) in [5.74, 6) is 0.809. The lowest BCUT2D eigenvalue weighted by Gasteiger charge is -2.31. The second-order valence-corrected chi connectivity index (χ2v) is 4.85. The number of nitrogens with zero attached hydrogens (tertiary/aromatic N) is 3. The standard InChI is InChI=1S/C12H21N5O/c1-16-7-4-14-12(16)8-15-10-2-5-17(6-3-10)9-11(13)18/h4,7,10,15H,2-3,5-6,8-9H2,1H3,(H2,13,18). The van der Waals surface area contributed by atoms with Crippen molar-refractivity contribution in [3.05, 3.63) is 18.2 Å². The molecule has 1 fully saturated rings. The molecule has 0 unspecified atom stereocenters. The number of rotatable bonds is 5. The van der Waals surface area contributed by atoms with Crippen LogP contribution in [0.25, 0.3) is 0 Å². The maximum atomic E-state index is 10.8. The number of amides is 1. The molecule has 1 amide bonds. The summed E-state index contributed by atoms with van der Waals surface area (Å²) in [7, 11) is 2.00. The van der Waals surface area contributed by atoms with Crippen LogP contribution in [0.4, 0.5) is 0 Å². The Labute approximate surface area is 107 Å². The molecular weight excluding hydrogens is 230 g/mol. The lowest BCUT2D eigenvalue weighted by molar-refractivity contribution is -0.119. The smallest absolute Gasteiger partial charge is 0.231 e. The van der Waals surface area contributed by atoms with Crippen LogP contribution in [0.3, 0.4) is 0 Å². The first-order valence-corrected chi connectivity index (χ1v) is 6.35. The Hall–Kier alpha value is -1.40. The molecule has 0 aliphatic carbocycles. The molecule has 6 heteroatoms. The molecule has 0 radical (unpaired) electrons. The van der Waals surface area contributed by atoms with Crippen LogP contribution >= 0.6 is 0 Å². The van der Waals surface area contributed by atoms with Gasteiger partial charge in [-0.15, -0.1) is 0 Å². The van der Waals surface area contributed by atoms with Crippen LogP contribution in [-0.4, -0.2) is 46.0 Å². The molecule has 18 heavy (non-hydrogen) atoms. The number of nitrogens with one attached hydrogen (secondary N) is 1. The Kier molecular flexibility index (Phi) is 4.33. The van der Waals surface area contributed by atoms with E-state index in [4.69, 9.17) is 5.73 Å². The van der Waals surface area contributed by atoms with Crippen molar-refractivity contribution in [2.45, 2.75) is 25.4 Å². The van der Waals surface area contributed by atoms with Crippen LogP contribution in [0.1, 0.15) is 18.7 Å². The van der Waals surface area contributed by atoms with Crippen molar-refractivity contribution in [3.63, 3.8) is 0 Å². The summed E-state index contributed by atoms with van der Waals surface area (Å²) >= 11 is 0. The number of nitrogens with two attached hydrogens (primary N) is 1. The minimum Gasteiger partial charge on any atom is -0.369 e. The van der Waals surface area contributed by atoms with E-state index in [0.29, 0.717) is 12.6 Å². The SMILES string of the molecule is Cn1ccnc1CNC1CCN(CC(N)=O)CC1. The fourth-order valence-corrected chi connectivity index (χ4v) is 2.32. The van der Waals surface area contributed by atoms with Gasteiger partial charge < -0.3 is 15.6 Å². The van der Waals surface area contributed by atoms with Crippen LogP contribution in [0.5, 0.6) is 0 Å². The van der Waals surface area contributed by atoms with E-state index in [1.165, 1.54) is 0 Å². The van der Waals surface area contributed by atoms with Crippen LogP contribution in [0.15, 0.2) is 12.4 Å². The van der Waals surface area contributed by atoms with E-state index in [1.807, 2.05) is 24.0 Å². The molecule has 0 spiro atoms. The lowest BCUT2D eigenvalue weighted by Crippen LogP contribution is -2.45. The summed E-state index contributed by atoms with van der Waals surface area (Å²) in [5.41, 5.74) is 5.19. The Morgan fingerprint density at radius 1 is 1.56 bits per heavy atom. The van der Waals surface area contributed by atoms with Gasteiger partial charge in [0.05, 0.1) is 13.1 Å². The first-order valence-electron chi connectivity index (χ1n) is 6.35. The zero-order valence-electron chi connectivity index (χ0n) is 10.8. The highest BCUT2D eigenvalue weighted by atomic mass is 16.1. The van der Waals surface area contributed by atoms with Gasteiger partial charge in [-0.1, -0.05) is 0 Å². The van der Waals surface area contributed by atoms with E-state index in [9.17, 15) is 4.79 Å². The van der Waals surface area contributed by atoms with E-state index in [-0.39, 0.29) is 5.91 Å². The zero-order chi connectivity index (χ0) is 13.0. The molecule has 6 nitrogen and oxygen atoms in total. The molecule has 1 aromatic heterocycles. The van der Waals surface area contributed by atoms with Crippen LogP contribution in [0.2, 0.25) is 0 Å². The lowest BCUT2D eigenvalue weighted by atomic mass is 10.1. The Morgan fingerprint density at radius 3 is 2.83 bits per heavy atom. The normalized spacial score (nSPS) is 18.1. The van der Waals surface area contributed by atoms with Gasteiger partial charge in [0.25, 0.3) is 0 Å². The molecule has 1 aliphatic rings. The number of carbonyl (C=O) groups excluding carboxylic acids is 1. The van der Waals surface area contributed by atoms with Crippen LogP contribution < -0.4 is 11.1 Å². The second-order valence-electron chi connectivity index (χ2n) is 4.85. The van der Waals surface area contributed by atoms with Gasteiger partial charge in [0.2, 0.25) is 5.91 Å². The monoisotopic (exact) mass is 251 g/mol. The summed E-state index contributed by atoms with van der Waals surface area (Å²) in [6, 6.07) is 0.505. The third-order valence-electron chi connectivity index (χ3n) is 3.44. The van der Waals surface area contributed by atoms with Crippen molar-refractivity contribution in [3.8, 4) is 0 Å². The maximum Gasteiger partial charge on any atom is 0.231 e. The van der Waals surface area contributed by atoms with Gasteiger partial charge in [-0.05, 0) is 12.8 Å². The summed E-state index contributed by atoms with van der Waals surface area (Å²) in [6.07, 6.45) is 5.87. The highest BCUT2D eigenvalue weighted by Crippen LogP contribution is 2.10. The maximum absolute atomic E-state index is 10.8. The zero-order valence-corrected chi connectivity index (χ0v) is 10.8. The minimum atomic E-state index is -0.241. The van der Waals surface area contributed by atoms with Crippen molar-refractivity contribution in [1.29, 1.82) is 0 Å². The predicted octanol–water partition coefficient (Wildman–Crippen LogP) is -0.541. The van der Waals surface area contributed by atoms with Gasteiger partial charge >= 0.3 is 0 Å². The Bertz CT molecular complexity index is 395. The number of piperidine rings is 1. The van der Waals surface area contributed by atoms with Crippen molar-refractivity contribution in [2.24, 2.45) is 12.8 Å². The molecule has 1 aromatic rings. The average molecular weight is 251 g/mol. The molecule has 1 aliphatic heterocycles. The van der Waals surface area contributed by atoms with Gasteiger partial charge in [0.15, 0.2) is 0 Å². The van der Waals surface area contributed by atoms with Crippen LogP contribution in [0, 0.1) is 0 Å². The number of hydrogen-bond acceptors (Lipinski definition) is 4. The fraction of sp³-hybridized carbons (Fsp3) is 0.667. The molecule has 0 atom stereocenters. The molecule has 3 N–H and O–H groups in total. The van der Waals surface area contributed by atoms with E-state index < -0.39 is 0 Å². The fourth-order valence-electron chi connectivity index (χ4n) is 2.32. The second kappa shape index (κ2) is 5.97. The quantitative estimate of drug-likeness (QED) is 0.737. The number of aromatic nitrogens is 2. The highest BCUT2D eigenvalue weighted by molar-refractivity contribution is 5.75. The predicted molar refractivity (Wildman–Crippen MR) is 68.7 cm³/mol. The van der Waals surface area contributed by atoms with Crippen molar-refractivity contribution >= 4 is 5.91 Å². The molecule has 100 valence electrons. The number of carbonyl (C=O) groups is 1. The first-order chi connectivity index (χ1) is 8.65. The molecular formula is C12H21N5O. The molecule has 2 rings (SSSR count). The average Bonchev–Trinajstić information content (AvgIpc) is 2.73. The minimum absolute atomic E-state index is 0.241. The van der Waals surface area contributed by atoms with Gasteiger partial charge in [-0.3, -0.25) is 9.69 Å². The first kappa shape index (κ1) is 13.0. The topological polar surface area (TPSA) is 76.2 Å². The molecule has 0 bridgehead atoms. The van der Waals surface area contributed by atoms with E-state index in [0.717, 1.165) is 38.3 Å². The Morgan fingerprint density at radius 2 is 2.28 bits per heavy atom. The summed E-state index contributed by atoms with van der Waals surface area (Å²) in [4.78, 5) is 17.2. The Balaban J connectivity index is 1.71. The van der Waals surface area contributed by atoms with Gasteiger partial charge in [0.1, 0.15) is 5.82 Å². The third kappa shape index (κ3) is 3.54. The summed E-state index contributed by atoms with van der Waals surface area (Å²) < 4.78 is 2.02. The van der Waals surface area contributed by atoms with Crippen molar-refractivity contribution < 1.29 is 4.79 Å². The number of imidazole rings is 1. The van der Waals surface area contributed by atoms with E-state index >= 15 is 0 Å². The van der Waals surface area contributed by atoms with E-state index in [1.54, 1.807) is 0 Å². The highest BCUT2D eigenvalue weighted by Gasteiger charge is 2.19. The molecule has 2 heterocycles. The molecule has 0 saturated carbocycles. The summed E-state index contributed by atoms with van der Waals surface area (Å²) in [5, 5.41) is 3.51. The number of primary amides is 1. The molecule has 1 saturated heterocycles. The largest absolute Gasteiger partial charge is 0.369 e. The van der Waals surface area contributed by atoms with Gasteiger partial charge in [0, 0.05) is 38.6 Å². The third-order valence-corrected chi connectivity index (χ3v) is 3.44. The van der Waals surface area contributed by atoms with Crippen molar-refractivity contribution in [1.82, 2.24) is 19.8 Å². The van der Waals surface area contributed by atoms with Gasteiger partial charge in [-0.25, -0.2) is 4.98 Å². The van der Waals surface area contributed by atoms with Gasteiger partial charge in [-0.2, -0.15) is 0 Å². The number of hydrogen-bond donors (Lipinski definition) is 2. The van der Waals surface area contributed by atoms with Crippen LogP contribution in [-0.2, 0) is 18.4 Å². The van der Waals surface area contributed by atoms with E-state index in [2.05, 4.69) is 15.2 Å². The summed E-state index contributed by atoms with van der Waals surface area (Å²) in [6.45, 7) is 3.04. The number of aryl methyl sites for hydroxylation is 1.